The second-order valence-electron chi connectivity index (χ2n) is 4.04. The van der Waals surface area contributed by atoms with Gasteiger partial charge in [0.2, 0.25) is 0 Å². The average molecular weight is 262 g/mol. The van der Waals surface area contributed by atoms with Gasteiger partial charge in [-0.05, 0) is 13.8 Å². The number of nitrogens with zero attached hydrogens (tertiary/aromatic N) is 3. The van der Waals surface area contributed by atoms with Gasteiger partial charge < -0.3 is 10.5 Å². The lowest BCUT2D eigenvalue weighted by atomic mass is 10.1. The molecule has 94 valence electrons. The molecule has 2 aromatic heterocycles. The van der Waals surface area contributed by atoms with Crippen LogP contribution in [0.2, 0.25) is 0 Å². The van der Waals surface area contributed by atoms with Crippen molar-refractivity contribution in [2.75, 3.05) is 0 Å². The quantitative estimate of drug-likeness (QED) is 0.855. The van der Waals surface area contributed by atoms with Crippen LogP contribution in [0.5, 0.6) is 11.5 Å². The van der Waals surface area contributed by atoms with Crippen LogP contribution in [-0.4, -0.2) is 19.8 Å². The molecule has 0 radical (unpaired) electrons. The van der Waals surface area contributed by atoms with Crippen LogP contribution in [0.15, 0.2) is 18.5 Å². The highest BCUT2D eigenvalue weighted by molar-refractivity contribution is 7.80. The molecular formula is C12H14N4OS. The van der Waals surface area contributed by atoms with Crippen molar-refractivity contribution in [3.8, 4) is 11.5 Å². The van der Waals surface area contributed by atoms with Gasteiger partial charge in [0.05, 0.1) is 23.7 Å². The molecule has 0 unspecified atom stereocenters. The molecule has 0 saturated heterocycles. The topological polar surface area (TPSA) is 66.0 Å². The zero-order valence-electron chi connectivity index (χ0n) is 10.5. The Labute approximate surface area is 111 Å². The molecule has 6 heteroatoms. The Morgan fingerprint density at radius 3 is 2.72 bits per heavy atom. The first-order valence-electron chi connectivity index (χ1n) is 5.42. The number of thiocarbonyl (C=S) groups is 1. The van der Waals surface area contributed by atoms with Crippen molar-refractivity contribution in [3.05, 3.63) is 35.4 Å². The maximum atomic E-state index is 5.76. The molecule has 0 bridgehead atoms. The first kappa shape index (κ1) is 12.5. The summed E-state index contributed by atoms with van der Waals surface area (Å²) in [7, 11) is 1.82. The van der Waals surface area contributed by atoms with E-state index < -0.39 is 0 Å². The molecule has 0 aliphatic carbocycles. The Morgan fingerprint density at radius 1 is 1.44 bits per heavy atom. The molecule has 0 atom stereocenters. The summed E-state index contributed by atoms with van der Waals surface area (Å²) in [5, 5.41) is 4.04. The van der Waals surface area contributed by atoms with Crippen molar-refractivity contribution in [3.63, 3.8) is 0 Å². The van der Waals surface area contributed by atoms with Crippen LogP contribution >= 0.6 is 12.2 Å². The maximum absolute atomic E-state index is 5.76. The van der Waals surface area contributed by atoms with E-state index in [0.29, 0.717) is 17.1 Å². The minimum Gasteiger partial charge on any atom is -0.453 e. The number of rotatable bonds is 3. The number of nitrogens with two attached hydrogens (primary N) is 1. The number of aromatic nitrogens is 3. The second-order valence-corrected chi connectivity index (χ2v) is 4.48. The second kappa shape index (κ2) is 4.73. The van der Waals surface area contributed by atoms with Gasteiger partial charge in [-0.2, -0.15) is 5.10 Å². The van der Waals surface area contributed by atoms with E-state index in [4.69, 9.17) is 22.7 Å². The van der Waals surface area contributed by atoms with Crippen LogP contribution < -0.4 is 10.5 Å². The standard InChI is InChI=1S/C12H14N4OS/c1-7-4-10(11(12(13)18)8(2)15-7)17-9-5-14-16(3)6-9/h4-6H,1-3H3,(H2,13,18). The zero-order valence-corrected chi connectivity index (χ0v) is 11.3. The third-order valence-corrected chi connectivity index (χ3v) is 2.65. The summed E-state index contributed by atoms with van der Waals surface area (Å²) in [6, 6.07) is 1.81. The average Bonchev–Trinajstić information content (AvgIpc) is 2.62. The summed E-state index contributed by atoms with van der Waals surface area (Å²) in [6.07, 6.45) is 3.41. The molecule has 2 aromatic rings. The van der Waals surface area contributed by atoms with Gasteiger partial charge in [0.15, 0.2) is 5.75 Å². The molecule has 0 aromatic carbocycles. The highest BCUT2D eigenvalue weighted by Crippen LogP contribution is 2.27. The van der Waals surface area contributed by atoms with Crippen LogP contribution in [0.25, 0.3) is 0 Å². The van der Waals surface area contributed by atoms with Crippen LogP contribution in [0.4, 0.5) is 0 Å². The molecule has 0 aliphatic rings. The Hall–Kier alpha value is -1.95. The van der Waals surface area contributed by atoms with Gasteiger partial charge in [-0.1, -0.05) is 12.2 Å². The van der Waals surface area contributed by atoms with Crippen LogP contribution in [0.1, 0.15) is 17.0 Å². The Kier molecular flexibility index (Phi) is 3.29. The molecular weight excluding hydrogens is 248 g/mol. The van der Waals surface area contributed by atoms with Crippen LogP contribution in [0.3, 0.4) is 0 Å². The number of hydrogen-bond donors (Lipinski definition) is 1. The normalized spacial score (nSPS) is 10.4. The van der Waals surface area contributed by atoms with Gasteiger partial charge in [0, 0.05) is 18.8 Å². The molecule has 0 amide bonds. The SMILES string of the molecule is Cc1cc(Oc2cnn(C)c2)c(C(N)=S)c(C)n1. The molecule has 0 aliphatic heterocycles. The van der Waals surface area contributed by atoms with E-state index in [2.05, 4.69) is 10.1 Å². The third kappa shape index (κ3) is 2.48. The Morgan fingerprint density at radius 2 is 2.17 bits per heavy atom. The smallest absolute Gasteiger partial charge is 0.165 e. The Balaban J connectivity index is 2.45. The van der Waals surface area contributed by atoms with Gasteiger partial charge >= 0.3 is 0 Å². The molecule has 2 rings (SSSR count). The van der Waals surface area contributed by atoms with Crippen molar-refractivity contribution in [2.45, 2.75) is 13.8 Å². The summed E-state index contributed by atoms with van der Waals surface area (Å²) in [4.78, 5) is 4.61. The van der Waals surface area contributed by atoms with Crippen LogP contribution in [0, 0.1) is 13.8 Å². The van der Waals surface area contributed by atoms with E-state index in [-0.39, 0.29) is 4.99 Å². The van der Waals surface area contributed by atoms with Gasteiger partial charge in [-0.3, -0.25) is 9.67 Å². The van der Waals surface area contributed by atoms with E-state index >= 15 is 0 Å². The van der Waals surface area contributed by atoms with Crippen molar-refractivity contribution in [1.82, 2.24) is 14.8 Å². The molecule has 2 N–H and O–H groups in total. The van der Waals surface area contributed by atoms with Gasteiger partial charge in [-0.15, -0.1) is 0 Å². The molecule has 0 saturated carbocycles. The fraction of sp³-hybridized carbons (Fsp3) is 0.250. The summed E-state index contributed by atoms with van der Waals surface area (Å²) < 4.78 is 7.43. The fourth-order valence-electron chi connectivity index (χ4n) is 1.75. The largest absolute Gasteiger partial charge is 0.453 e. The lowest BCUT2D eigenvalue weighted by Gasteiger charge is -2.11. The number of ether oxygens (including phenoxy) is 1. The lowest BCUT2D eigenvalue weighted by Crippen LogP contribution is -2.14. The van der Waals surface area contributed by atoms with Crippen molar-refractivity contribution < 1.29 is 4.74 Å². The highest BCUT2D eigenvalue weighted by atomic mass is 32.1. The van der Waals surface area contributed by atoms with Gasteiger partial charge in [0.1, 0.15) is 10.7 Å². The monoisotopic (exact) mass is 262 g/mol. The molecule has 5 nitrogen and oxygen atoms in total. The summed E-state index contributed by atoms with van der Waals surface area (Å²) in [5.41, 5.74) is 8.00. The van der Waals surface area contributed by atoms with Gasteiger partial charge in [-0.25, -0.2) is 0 Å². The summed E-state index contributed by atoms with van der Waals surface area (Å²) in [6.45, 7) is 3.75. The number of hydrogen-bond acceptors (Lipinski definition) is 4. The summed E-state index contributed by atoms with van der Waals surface area (Å²) >= 11 is 5.04. The molecule has 2 heterocycles. The maximum Gasteiger partial charge on any atom is 0.165 e. The van der Waals surface area contributed by atoms with E-state index in [0.717, 1.165) is 11.4 Å². The van der Waals surface area contributed by atoms with E-state index in [1.165, 1.54) is 0 Å². The minimum atomic E-state index is 0.277. The predicted molar refractivity (Wildman–Crippen MR) is 72.9 cm³/mol. The van der Waals surface area contributed by atoms with Gasteiger partial charge in [0.25, 0.3) is 0 Å². The lowest BCUT2D eigenvalue weighted by molar-refractivity contribution is 0.479. The van der Waals surface area contributed by atoms with Crippen LogP contribution in [-0.2, 0) is 7.05 Å². The minimum absolute atomic E-state index is 0.277. The first-order valence-corrected chi connectivity index (χ1v) is 5.82. The zero-order chi connectivity index (χ0) is 13.3. The van der Waals surface area contributed by atoms with E-state index in [9.17, 15) is 0 Å². The fourth-order valence-corrected chi connectivity index (χ4v) is 2.00. The molecule has 18 heavy (non-hydrogen) atoms. The first-order chi connectivity index (χ1) is 8.47. The number of pyridine rings is 1. The Bertz CT molecular complexity index is 606. The van der Waals surface area contributed by atoms with Crippen molar-refractivity contribution >= 4 is 17.2 Å². The third-order valence-electron chi connectivity index (χ3n) is 2.45. The van der Waals surface area contributed by atoms with Crippen molar-refractivity contribution in [2.24, 2.45) is 12.8 Å². The predicted octanol–water partition coefficient (Wildman–Crippen LogP) is 1.86. The van der Waals surface area contributed by atoms with E-state index in [1.54, 1.807) is 17.1 Å². The molecule has 0 spiro atoms. The highest BCUT2D eigenvalue weighted by Gasteiger charge is 2.13. The van der Waals surface area contributed by atoms with Crippen molar-refractivity contribution in [1.29, 1.82) is 0 Å². The van der Waals surface area contributed by atoms with E-state index in [1.807, 2.05) is 27.0 Å². The summed E-state index contributed by atoms with van der Waals surface area (Å²) in [5.74, 6) is 1.25. The number of aryl methyl sites for hydroxylation is 3. The molecule has 0 fully saturated rings.